The van der Waals surface area contributed by atoms with E-state index in [2.05, 4.69) is 4.89 Å². The summed E-state index contributed by atoms with van der Waals surface area (Å²) in [6, 6.07) is 0. The van der Waals surface area contributed by atoms with Crippen LogP contribution in [0.2, 0.25) is 40.2 Å². The summed E-state index contributed by atoms with van der Waals surface area (Å²) in [7, 11) is 0. The van der Waals surface area contributed by atoms with E-state index in [-0.39, 0.29) is 41.3 Å². The molecular weight excluding hydrogens is 616 g/mol. The predicted octanol–water partition coefficient (Wildman–Crippen LogP) is 7.86. The Morgan fingerprint density at radius 2 is 1.09 bits per heavy atom. The van der Waals surface area contributed by atoms with E-state index in [4.69, 9.17) is 113 Å². The summed E-state index contributed by atoms with van der Waals surface area (Å²) >= 11 is 47.7. The minimum absolute atomic E-state index is 0.0440. The van der Waals surface area contributed by atoms with Crippen LogP contribution in [-0.4, -0.2) is 29.1 Å². The lowest BCUT2D eigenvalue weighted by molar-refractivity contribution is -0.335. The van der Waals surface area contributed by atoms with Gasteiger partial charge in [-0.2, -0.15) is 4.89 Å². The van der Waals surface area contributed by atoms with E-state index in [1.54, 1.807) is 0 Å². The Bertz CT molecular complexity index is 1110. The van der Waals surface area contributed by atoms with E-state index in [1.165, 1.54) is 0 Å². The number of benzene rings is 2. The first-order valence-electron chi connectivity index (χ1n) is 8.06. The second-order valence-corrected chi connectivity index (χ2v) is 8.75. The number of halogens is 8. The molecule has 33 heavy (non-hydrogen) atoms. The van der Waals surface area contributed by atoms with Crippen molar-refractivity contribution in [1.82, 2.24) is 0 Å². The second-order valence-electron chi connectivity index (χ2n) is 5.73. The van der Waals surface area contributed by atoms with Gasteiger partial charge in [0, 0.05) is 11.1 Å². The molecule has 2 rings (SSSR count). The van der Waals surface area contributed by atoms with Crippen molar-refractivity contribution in [2.75, 3.05) is 6.79 Å². The Balaban J connectivity index is 2.13. The third kappa shape index (κ3) is 6.22. The van der Waals surface area contributed by atoms with Gasteiger partial charge in [0.25, 0.3) is 0 Å². The van der Waals surface area contributed by atoms with Gasteiger partial charge in [-0.1, -0.05) is 92.8 Å². The van der Waals surface area contributed by atoms with E-state index in [0.29, 0.717) is 0 Å². The van der Waals surface area contributed by atoms with Crippen molar-refractivity contribution in [1.29, 1.82) is 0 Å². The molecule has 0 radical (unpaired) electrons. The van der Waals surface area contributed by atoms with Crippen LogP contribution in [0.15, 0.2) is 0 Å². The smallest absolute Gasteiger partial charge is 0.342 e. The lowest BCUT2D eigenvalue weighted by Crippen LogP contribution is -2.16. The van der Waals surface area contributed by atoms with E-state index >= 15 is 0 Å². The Hall–Kier alpha value is -0.460. The molecule has 0 spiro atoms. The molecule has 2 aromatic rings. The molecule has 0 aromatic heterocycles. The van der Waals surface area contributed by atoms with Crippen molar-refractivity contribution in [3.05, 3.63) is 62.4 Å². The van der Waals surface area contributed by atoms with Crippen LogP contribution in [0, 0.1) is 0 Å². The minimum atomic E-state index is -1.60. The minimum Gasteiger partial charge on any atom is -0.478 e. The molecule has 0 unspecified atom stereocenters. The van der Waals surface area contributed by atoms with E-state index in [9.17, 15) is 14.7 Å². The highest BCUT2D eigenvalue weighted by Crippen LogP contribution is 2.43. The average molecular weight is 624 g/mol. The van der Waals surface area contributed by atoms with Gasteiger partial charge in [-0.3, -0.25) is 5.26 Å². The molecule has 16 heteroatoms. The molecule has 0 saturated carbocycles. The number of rotatable bonds is 9. The SMILES string of the molecule is O=C(O)c1c(Cl)c(Cl)c(Cl)c(Cl)c1C(=O)OCOOCc1c(Cl)c(Cl)c(Cl)c(Cl)c1COO. The zero-order valence-corrected chi connectivity index (χ0v) is 21.5. The standard InChI is InChI=1S/C17H8Cl8O8/c18-8-4(1-31-29)5(9(19)13(23)12(8)22)2-32-33-3-30-17(28)7-6(16(26)27)10(20)14(24)15(25)11(7)21/h29H,1-3H2,(H,26,27). The molecule has 0 aliphatic heterocycles. The first-order chi connectivity index (χ1) is 15.4. The number of hydrogen-bond donors (Lipinski definition) is 2. The molecule has 2 aromatic carbocycles. The first kappa shape index (κ1) is 28.8. The van der Waals surface area contributed by atoms with Gasteiger partial charge >= 0.3 is 11.9 Å². The van der Waals surface area contributed by atoms with Crippen molar-refractivity contribution >= 4 is 105 Å². The maximum absolute atomic E-state index is 12.4. The molecule has 0 atom stereocenters. The van der Waals surface area contributed by atoms with Crippen LogP contribution in [0.3, 0.4) is 0 Å². The molecule has 0 aliphatic carbocycles. The molecular formula is C17H8Cl8O8. The predicted molar refractivity (Wildman–Crippen MR) is 123 cm³/mol. The molecule has 2 N–H and O–H groups in total. The lowest BCUT2D eigenvalue weighted by Gasteiger charge is -2.16. The largest absolute Gasteiger partial charge is 0.478 e. The third-order valence-electron chi connectivity index (χ3n) is 3.89. The van der Waals surface area contributed by atoms with Crippen LogP contribution in [0.25, 0.3) is 0 Å². The fourth-order valence-electron chi connectivity index (χ4n) is 2.40. The quantitative estimate of drug-likeness (QED) is 0.0552. The summed E-state index contributed by atoms with van der Waals surface area (Å²) in [4.78, 5) is 37.6. The maximum Gasteiger partial charge on any atom is 0.342 e. The van der Waals surface area contributed by atoms with Gasteiger partial charge in [-0.15, -0.1) is 0 Å². The van der Waals surface area contributed by atoms with Crippen LogP contribution < -0.4 is 0 Å². The Kier molecular flexibility index (Phi) is 10.9. The van der Waals surface area contributed by atoms with Gasteiger partial charge in [0.2, 0.25) is 6.79 Å². The number of aromatic carboxylic acids is 1. The average Bonchev–Trinajstić information content (AvgIpc) is 2.77. The van der Waals surface area contributed by atoms with Gasteiger partial charge in [-0.05, 0) is 0 Å². The van der Waals surface area contributed by atoms with Crippen molar-refractivity contribution in [2.24, 2.45) is 0 Å². The molecule has 180 valence electrons. The van der Waals surface area contributed by atoms with Crippen LogP contribution >= 0.6 is 92.8 Å². The Labute approximate surface area is 225 Å². The molecule has 8 nitrogen and oxygen atoms in total. The van der Waals surface area contributed by atoms with Gasteiger partial charge in [0.1, 0.15) is 13.2 Å². The van der Waals surface area contributed by atoms with Crippen LogP contribution in [0.1, 0.15) is 31.8 Å². The van der Waals surface area contributed by atoms with E-state index in [0.717, 1.165) is 0 Å². The highest BCUT2D eigenvalue weighted by atomic mass is 35.5. The van der Waals surface area contributed by atoms with Gasteiger partial charge in [0.15, 0.2) is 0 Å². The van der Waals surface area contributed by atoms with Crippen molar-refractivity contribution in [2.45, 2.75) is 13.2 Å². The van der Waals surface area contributed by atoms with Crippen LogP contribution in [-0.2, 0) is 32.6 Å². The summed E-state index contributed by atoms with van der Waals surface area (Å²) in [6.07, 6.45) is 0. The fraction of sp³-hybridized carbons (Fsp3) is 0.176. The number of carboxylic acids is 1. The monoisotopic (exact) mass is 620 g/mol. The molecule has 0 aliphatic rings. The van der Waals surface area contributed by atoms with E-state index in [1.807, 2.05) is 0 Å². The van der Waals surface area contributed by atoms with Gasteiger partial charge < -0.3 is 9.84 Å². The maximum atomic E-state index is 12.4. The van der Waals surface area contributed by atoms with E-state index < -0.39 is 53.1 Å². The van der Waals surface area contributed by atoms with Crippen molar-refractivity contribution in [3.8, 4) is 0 Å². The molecule has 0 fully saturated rings. The highest BCUT2D eigenvalue weighted by molar-refractivity contribution is 6.54. The summed E-state index contributed by atoms with van der Waals surface area (Å²) in [5, 5.41) is 16.2. The second kappa shape index (κ2) is 12.5. The number of carbonyl (C=O) groups is 2. The van der Waals surface area contributed by atoms with Gasteiger partial charge in [-0.25, -0.2) is 19.4 Å². The highest BCUT2D eigenvalue weighted by Gasteiger charge is 2.30. The third-order valence-corrected chi connectivity index (χ3v) is 7.57. The van der Waals surface area contributed by atoms with Crippen LogP contribution in [0.4, 0.5) is 0 Å². The normalized spacial score (nSPS) is 11.1. The Morgan fingerprint density at radius 3 is 1.58 bits per heavy atom. The zero-order valence-electron chi connectivity index (χ0n) is 15.5. The Morgan fingerprint density at radius 1 is 0.636 bits per heavy atom. The topological polar surface area (TPSA) is 112 Å². The fourth-order valence-corrected chi connectivity index (χ4v) is 4.45. The van der Waals surface area contributed by atoms with Gasteiger partial charge in [0.05, 0.1) is 51.3 Å². The van der Waals surface area contributed by atoms with Crippen molar-refractivity contribution < 1.29 is 39.4 Å². The summed E-state index contributed by atoms with van der Waals surface area (Å²) in [6.45, 7) is -1.63. The zero-order chi connectivity index (χ0) is 25.0. The lowest BCUT2D eigenvalue weighted by atomic mass is 10.1. The molecule has 0 amide bonds. The molecule has 0 bridgehead atoms. The summed E-state index contributed by atoms with van der Waals surface area (Å²) < 4.78 is 4.80. The van der Waals surface area contributed by atoms with Crippen LogP contribution in [0.5, 0.6) is 0 Å². The number of esters is 1. The number of carboxylic acid groups (broad SMARTS) is 1. The molecule has 0 saturated heterocycles. The first-order valence-corrected chi connectivity index (χ1v) is 11.1. The summed E-state index contributed by atoms with van der Waals surface area (Å²) in [5.74, 6) is -2.85. The van der Waals surface area contributed by atoms with Crippen molar-refractivity contribution in [3.63, 3.8) is 0 Å². The molecule has 0 heterocycles. The number of hydrogen-bond acceptors (Lipinski definition) is 7. The summed E-state index contributed by atoms with van der Waals surface area (Å²) in [5.41, 5.74) is -1.05. The number of ether oxygens (including phenoxy) is 1. The number of carbonyl (C=O) groups excluding carboxylic acids is 1.